The molecule has 11 heteroatoms. The number of rotatable bonds is 7. The number of aliphatic hydroxyl groups is 1. The summed E-state index contributed by atoms with van der Waals surface area (Å²) in [4.78, 5) is 31.6. The van der Waals surface area contributed by atoms with Crippen molar-refractivity contribution in [2.75, 3.05) is 0 Å². The highest BCUT2D eigenvalue weighted by molar-refractivity contribution is 5.75. The molecule has 28 heavy (non-hydrogen) atoms. The molecule has 0 aliphatic carbocycles. The molecule has 1 heterocycles. The predicted octanol–water partition coefficient (Wildman–Crippen LogP) is 1.29. The summed E-state index contributed by atoms with van der Waals surface area (Å²) in [6.07, 6.45) is -2.05. The van der Waals surface area contributed by atoms with Gasteiger partial charge in [0.1, 0.15) is 6.04 Å². The van der Waals surface area contributed by atoms with Crippen molar-refractivity contribution in [3.8, 4) is 0 Å². The van der Waals surface area contributed by atoms with E-state index < -0.39 is 35.8 Å². The molecule has 1 aliphatic rings. The lowest BCUT2D eigenvalue weighted by atomic mass is 9.80. The molecule has 0 bridgehead atoms. The summed E-state index contributed by atoms with van der Waals surface area (Å²) in [7, 11) is 0. The monoisotopic (exact) mass is 412 g/mol. The minimum absolute atomic E-state index is 0.118. The van der Waals surface area contributed by atoms with Gasteiger partial charge in [0.25, 0.3) is 0 Å². The molecule has 0 saturated carbocycles. The van der Waals surface area contributed by atoms with E-state index in [-0.39, 0.29) is 17.9 Å². The number of aliphatic carboxylic acids is 2. The molecule has 0 aromatic carbocycles. The zero-order valence-corrected chi connectivity index (χ0v) is 15.9. The maximum Gasteiger partial charge on any atom is 0.490 e. The molecular weight excluding hydrogens is 385 g/mol. The van der Waals surface area contributed by atoms with Crippen molar-refractivity contribution in [3.63, 3.8) is 0 Å². The van der Waals surface area contributed by atoms with Gasteiger partial charge in [-0.15, -0.1) is 6.58 Å². The van der Waals surface area contributed by atoms with Crippen LogP contribution in [0.4, 0.5) is 13.2 Å². The predicted molar refractivity (Wildman–Crippen MR) is 93.5 cm³/mol. The highest BCUT2D eigenvalue weighted by atomic mass is 19.4. The second kappa shape index (κ2) is 10.4. The number of hydrogen-bond acceptors (Lipinski definition) is 5. The van der Waals surface area contributed by atoms with Gasteiger partial charge in [0.05, 0.1) is 11.6 Å². The molecule has 8 nitrogen and oxygen atoms in total. The molecule has 1 rings (SSSR count). The number of carbonyl (C=O) groups is 3. The third-order valence-electron chi connectivity index (χ3n) is 4.73. The van der Waals surface area contributed by atoms with Crippen LogP contribution in [0.15, 0.2) is 12.7 Å². The zero-order valence-electron chi connectivity index (χ0n) is 15.9. The standard InChI is InChI=1S/C15H26N2O4.C2HF3O2/c1-5-10-8-11(14(19)20)17-12(10)13(16-9(4)18)15(21,6-2)7-3;3-2(4,5)1(6)7/h5,10-13,17,21H,1,6-8H2,2-4H3,(H,16,18)(H,19,20);(H,6,7)/t10-,11?,12-,13?;/m1./s1. The van der Waals surface area contributed by atoms with Gasteiger partial charge in [-0.2, -0.15) is 13.2 Å². The van der Waals surface area contributed by atoms with Gasteiger partial charge in [0.15, 0.2) is 0 Å². The van der Waals surface area contributed by atoms with Crippen LogP contribution in [-0.2, 0) is 14.4 Å². The van der Waals surface area contributed by atoms with E-state index >= 15 is 0 Å². The van der Waals surface area contributed by atoms with Crippen molar-refractivity contribution in [3.05, 3.63) is 12.7 Å². The molecule has 1 saturated heterocycles. The van der Waals surface area contributed by atoms with Gasteiger partial charge < -0.3 is 20.6 Å². The van der Waals surface area contributed by atoms with E-state index in [1.165, 1.54) is 6.92 Å². The Morgan fingerprint density at radius 2 is 1.71 bits per heavy atom. The van der Waals surface area contributed by atoms with Crippen molar-refractivity contribution in [1.29, 1.82) is 0 Å². The fraction of sp³-hybridized carbons (Fsp3) is 0.706. The van der Waals surface area contributed by atoms with Crippen molar-refractivity contribution in [2.24, 2.45) is 5.92 Å². The van der Waals surface area contributed by atoms with Crippen LogP contribution in [0.25, 0.3) is 0 Å². The highest BCUT2D eigenvalue weighted by Gasteiger charge is 2.47. The number of nitrogens with one attached hydrogen (secondary N) is 2. The average molecular weight is 412 g/mol. The third kappa shape index (κ3) is 7.12. The maximum atomic E-state index is 11.5. The van der Waals surface area contributed by atoms with Crippen LogP contribution < -0.4 is 10.6 Å². The Morgan fingerprint density at radius 1 is 1.25 bits per heavy atom. The number of carboxylic acids is 2. The van der Waals surface area contributed by atoms with Crippen LogP contribution in [-0.4, -0.2) is 63.1 Å². The van der Waals surface area contributed by atoms with E-state index in [0.29, 0.717) is 19.3 Å². The van der Waals surface area contributed by atoms with Crippen LogP contribution in [0.3, 0.4) is 0 Å². The average Bonchev–Trinajstić information content (AvgIpc) is 3.02. The third-order valence-corrected chi connectivity index (χ3v) is 4.73. The number of amides is 1. The van der Waals surface area contributed by atoms with Crippen LogP contribution in [0, 0.1) is 5.92 Å². The molecule has 162 valence electrons. The first kappa shape index (κ1) is 25.9. The normalized spacial score (nSPS) is 23.2. The van der Waals surface area contributed by atoms with E-state index in [1.54, 1.807) is 6.08 Å². The number of carbonyl (C=O) groups excluding carboxylic acids is 1. The second-order valence-corrected chi connectivity index (χ2v) is 6.51. The van der Waals surface area contributed by atoms with Gasteiger partial charge in [-0.1, -0.05) is 19.9 Å². The summed E-state index contributed by atoms with van der Waals surface area (Å²) in [6.45, 7) is 8.85. The van der Waals surface area contributed by atoms with E-state index in [0.717, 1.165) is 0 Å². The lowest BCUT2D eigenvalue weighted by Crippen LogP contribution is -2.62. The highest BCUT2D eigenvalue weighted by Crippen LogP contribution is 2.31. The van der Waals surface area contributed by atoms with Gasteiger partial charge in [0, 0.05) is 13.0 Å². The van der Waals surface area contributed by atoms with E-state index in [4.69, 9.17) is 9.90 Å². The molecule has 1 aliphatic heterocycles. The molecular formula is C17H27F3N2O6. The maximum absolute atomic E-state index is 11.5. The Hall–Kier alpha value is -2.14. The summed E-state index contributed by atoms with van der Waals surface area (Å²) >= 11 is 0. The van der Waals surface area contributed by atoms with Crippen molar-refractivity contribution >= 4 is 17.8 Å². The van der Waals surface area contributed by atoms with Crippen LogP contribution in [0.5, 0.6) is 0 Å². The second-order valence-electron chi connectivity index (χ2n) is 6.51. The van der Waals surface area contributed by atoms with Crippen LogP contribution >= 0.6 is 0 Å². The summed E-state index contributed by atoms with van der Waals surface area (Å²) in [5, 5.41) is 32.9. The molecule has 4 atom stereocenters. The number of alkyl halides is 3. The first-order valence-electron chi connectivity index (χ1n) is 8.64. The number of hydrogen-bond donors (Lipinski definition) is 5. The minimum atomic E-state index is -5.08. The fourth-order valence-electron chi connectivity index (χ4n) is 3.07. The Labute approximate surface area is 160 Å². The number of carboxylic acid groups (broad SMARTS) is 2. The smallest absolute Gasteiger partial charge is 0.480 e. The summed E-state index contributed by atoms with van der Waals surface area (Å²) in [6, 6.07) is -1.60. The van der Waals surface area contributed by atoms with Gasteiger partial charge in [0.2, 0.25) is 5.91 Å². The van der Waals surface area contributed by atoms with Gasteiger partial charge in [-0.05, 0) is 25.2 Å². The van der Waals surface area contributed by atoms with Gasteiger partial charge in [-0.25, -0.2) is 4.79 Å². The van der Waals surface area contributed by atoms with Gasteiger partial charge in [-0.3, -0.25) is 14.9 Å². The SMILES string of the molecule is C=C[C@@H]1CC(C(=O)O)N[C@H]1C(NC(C)=O)C(O)(CC)CC.O=C(O)C(F)(F)F. The van der Waals surface area contributed by atoms with Crippen LogP contribution in [0.1, 0.15) is 40.0 Å². The fourth-order valence-corrected chi connectivity index (χ4v) is 3.07. The molecule has 0 radical (unpaired) electrons. The minimum Gasteiger partial charge on any atom is -0.480 e. The molecule has 5 N–H and O–H groups in total. The van der Waals surface area contributed by atoms with Crippen molar-refractivity contribution < 1.29 is 42.9 Å². The topological polar surface area (TPSA) is 136 Å². The van der Waals surface area contributed by atoms with Crippen molar-refractivity contribution in [1.82, 2.24) is 10.6 Å². The van der Waals surface area contributed by atoms with E-state index in [9.17, 15) is 33.0 Å². The zero-order chi connectivity index (χ0) is 22.3. The molecule has 0 spiro atoms. The lowest BCUT2D eigenvalue weighted by molar-refractivity contribution is -0.192. The molecule has 1 fully saturated rings. The summed E-state index contributed by atoms with van der Waals surface area (Å²) in [5.41, 5.74) is -1.09. The first-order valence-corrected chi connectivity index (χ1v) is 8.64. The Kier molecular flexibility index (Phi) is 9.62. The molecule has 0 aromatic rings. The molecule has 2 unspecified atom stereocenters. The summed E-state index contributed by atoms with van der Waals surface area (Å²) < 4.78 is 31.7. The summed E-state index contributed by atoms with van der Waals surface area (Å²) in [5.74, 6) is -4.05. The Bertz CT molecular complexity index is 578. The van der Waals surface area contributed by atoms with E-state index in [2.05, 4.69) is 17.2 Å². The van der Waals surface area contributed by atoms with Crippen LogP contribution in [0.2, 0.25) is 0 Å². The Morgan fingerprint density at radius 3 is 2.00 bits per heavy atom. The molecule has 1 amide bonds. The van der Waals surface area contributed by atoms with Gasteiger partial charge >= 0.3 is 18.1 Å². The number of halogens is 3. The lowest BCUT2D eigenvalue weighted by Gasteiger charge is -2.40. The van der Waals surface area contributed by atoms with Crippen molar-refractivity contribution in [2.45, 2.75) is 69.9 Å². The quantitative estimate of drug-likeness (QED) is 0.398. The van der Waals surface area contributed by atoms with E-state index in [1.807, 2.05) is 13.8 Å². The largest absolute Gasteiger partial charge is 0.490 e. The Balaban J connectivity index is 0.000000887. The molecule has 0 aromatic heterocycles. The first-order chi connectivity index (χ1) is 12.7.